The molecule has 0 aliphatic carbocycles. The van der Waals surface area contributed by atoms with Crippen LogP contribution >= 0.6 is 12.2 Å². The first-order valence-corrected chi connectivity index (χ1v) is 6.13. The lowest BCUT2D eigenvalue weighted by molar-refractivity contribution is 0.354. The normalized spacial score (nSPS) is 13.6. The van der Waals surface area contributed by atoms with Gasteiger partial charge in [-0.15, -0.1) is 0 Å². The molecule has 2 rings (SSSR count). The van der Waals surface area contributed by atoms with Crippen LogP contribution in [0.4, 0.5) is 0 Å². The van der Waals surface area contributed by atoms with Gasteiger partial charge in [0.1, 0.15) is 0 Å². The fourth-order valence-corrected chi connectivity index (χ4v) is 2.25. The Labute approximate surface area is 112 Å². The molecule has 0 bridgehead atoms. The van der Waals surface area contributed by atoms with Gasteiger partial charge < -0.3 is 15.2 Å². The van der Waals surface area contributed by atoms with E-state index >= 15 is 0 Å². The van der Waals surface area contributed by atoms with Gasteiger partial charge in [-0.2, -0.15) is 0 Å². The fraction of sp³-hybridized carbons (Fsp3) is 0.385. The molecule has 1 aliphatic heterocycles. The molecule has 0 spiro atoms. The fourth-order valence-electron chi connectivity index (χ4n) is 2.11. The molecule has 0 saturated carbocycles. The second kappa shape index (κ2) is 5.35. The number of fused-ring (bicyclic) bond motifs is 1. The first-order valence-electron chi connectivity index (χ1n) is 5.72. The molecule has 1 aliphatic rings. The third-order valence-electron chi connectivity index (χ3n) is 2.95. The molecule has 1 aromatic carbocycles. The highest BCUT2D eigenvalue weighted by Crippen LogP contribution is 2.32. The van der Waals surface area contributed by atoms with Crippen molar-refractivity contribution in [2.75, 3.05) is 20.8 Å². The molecule has 96 valence electrons. The van der Waals surface area contributed by atoms with Crippen molar-refractivity contribution in [1.29, 1.82) is 0 Å². The highest BCUT2D eigenvalue weighted by molar-refractivity contribution is 7.80. The maximum absolute atomic E-state index is 5.60. The average molecular weight is 264 g/mol. The summed E-state index contributed by atoms with van der Waals surface area (Å²) in [5, 5.41) is 0. The molecule has 0 fully saturated rings. The van der Waals surface area contributed by atoms with E-state index in [0.717, 1.165) is 30.0 Å². The van der Waals surface area contributed by atoms with Gasteiger partial charge in [0.15, 0.2) is 11.5 Å². The summed E-state index contributed by atoms with van der Waals surface area (Å²) in [7, 11) is 3.26. The van der Waals surface area contributed by atoms with Crippen LogP contribution in [-0.4, -0.2) is 31.5 Å². The predicted molar refractivity (Wildman–Crippen MR) is 76.1 cm³/mol. The zero-order valence-electron chi connectivity index (χ0n) is 10.5. The summed E-state index contributed by atoms with van der Waals surface area (Å²) in [5.74, 6) is 1.45. The summed E-state index contributed by atoms with van der Waals surface area (Å²) in [6, 6.07) is 3.95. The van der Waals surface area contributed by atoms with E-state index in [1.165, 1.54) is 5.56 Å². The number of hydrogen-bond acceptors (Lipinski definition) is 4. The standard InChI is InChI=1S/C13H16N2O2S/c1-16-11-5-8-3-4-15-10(7-13(14)18)9(8)6-12(11)17-2/h5-6H,3-4,7H2,1-2H3,(H2,14,18). The summed E-state index contributed by atoms with van der Waals surface area (Å²) in [5.41, 5.74) is 8.80. The highest BCUT2D eigenvalue weighted by atomic mass is 32.1. The van der Waals surface area contributed by atoms with Crippen LogP contribution in [0.25, 0.3) is 0 Å². The van der Waals surface area contributed by atoms with Gasteiger partial charge in [-0.3, -0.25) is 4.99 Å². The Morgan fingerprint density at radius 3 is 2.61 bits per heavy atom. The summed E-state index contributed by atoms with van der Waals surface area (Å²) < 4.78 is 10.6. The lowest BCUT2D eigenvalue weighted by Gasteiger charge is -2.19. The molecular weight excluding hydrogens is 248 g/mol. The smallest absolute Gasteiger partial charge is 0.161 e. The van der Waals surface area contributed by atoms with Crippen LogP contribution in [0, 0.1) is 0 Å². The van der Waals surface area contributed by atoms with Crippen molar-refractivity contribution in [3.05, 3.63) is 23.3 Å². The van der Waals surface area contributed by atoms with Crippen LogP contribution in [0.3, 0.4) is 0 Å². The molecular formula is C13H16N2O2S. The van der Waals surface area contributed by atoms with Gasteiger partial charge in [-0.25, -0.2) is 0 Å². The van der Waals surface area contributed by atoms with Crippen LogP contribution in [0.15, 0.2) is 17.1 Å². The van der Waals surface area contributed by atoms with E-state index in [4.69, 9.17) is 27.4 Å². The van der Waals surface area contributed by atoms with Gasteiger partial charge in [-0.1, -0.05) is 12.2 Å². The van der Waals surface area contributed by atoms with Crippen molar-refractivity contribution in [2.45, 2.75) is 12.8 Å². The Morgan fingerprint density at radius 1 is 1.33 bits per heavy atom. The second-order valence-corrected chi connectivity index (χ2v) is 4.61. The van der Waals surface area contributed by atoms with E-state index in [1.807, 2.05) is 12.1 Å². The molecule has 5 heteroatoms. The van der Waals surface area contributed by atoms with E-state index < -0.39 is 0 Å². The molecule has 0 aromatic heterocycles. The number of rotatable bonds is 4. The zero-order valence-corrected chi connectivity index (χ0v) is 11.3. The number of hydrogen-bond donors (Lipinski definition) is 1. The molecule has 0 atom stereocenters. The van der Waals surface area contributed by atoms with E-state index in [2.05, 4.69) is 4.99 Å². The predicted octanol–water partition coefficient (Wildman–Crippen LogP) is 1.73. The van der Waals surface area contributed by atoms with E-state index in [0.29, 0.717) is 17.2 Å². The Bertz CT molecular complexity index is 512. The zero-order chi connectivity index (χ0) is 13.1. The molecule has 1 aromatic rings. The third kappa shape index (κ3) is 2.46. The Hall–Kier alpha value is -1.62. The monoisotopic (exact) mass is 264 g/mol. The topological polar surface area (TPSA) is 56.8 Å². The van der Waals surface area contributed by atoms with Gasteiger partial charge >= 0.3 is 0 Å². The molecule has 1 heterocycles. The largest absolute Gasteiger partial charge is 0.493 e. The number of aliphatic imine (C=N–C) groups is 1. The van der Waals surface area contributed by atoms with Crippen molar-refractivity contribution < 1.29 is 9.47 Å². The number of benzene rings is 1. The summed E-state index contributed by atoms with van der Waals surface area (Å²) >= 11 is 4.96. The van der Waals surface area contributed by atoms with Crippen LogP contribution in [0.5, 0.6) is 11.5 Å². The summed E-state index contributed by atoms with van der Waals surface area (Å²) in [6.45, 7) is 0.764. The molecule has 2 N–H and O–H groups in total. The summed E-state index contributed by atoms with van der Waals surface area (Å²) in [4.78, 5) is 4.95. The molecule has 0 unspecified atom stereocenters. The number of methoxy groups -OCH3 is 2. The number of nitrogens with two attached hydrogens (primary N) is 1. The SMILES string of the molecule is COc1cc2c(cc1OC)C(CC(N)=S)=NCC2. The minimum absolute atomic E-state index is 0.455. The van der Waals surface area contributed by atoms with Gasteiger partial charge in [0, 0.05) is 24.2 Å². The van der Waals surface area contributed by atoms with Gasteiger partial charge in [0.2, 0.25) is 0 Å². The van der Waals surface area contributed by atoms with Crippen LogP contribution in [0.1, 0.15) is 17.5 Å². The quantitative estimate of drug-likeness (QED) is 0.841. The maximum Gasteiger partial charge on any atom is 0.161 e. The van der Waals surface area contributed by atoms with Crippen molar-refractivity contribution >= 4 is 22.9 Å². The van der Waals surface area contributed by atoms with Gasteiger partial charge in [-0.05, 0) is 24.1 Å². The number of nitrogens with zero attached hydrogens (tertiary/aromatic N) is 1. The Balaban J connectivity index is 2.46. The molecule has 0 saturated heterocycles. The lowest BCUT2D eigenvalue weighted by atomic mass is 9.95. The highest BCUT2D eigenvalue weighted by Gasteiger charge is 2.18. The Kier molecular flexibility index (Phi) is 3.81. The number of thiocarbonyl (C=S) groups is 1. The summed E-state index contributed by atoms with van der Waals surface area (Å²) in [6.07, 6.45) is 1.42. The first kappa shape index (κ1) is 12.8. The molecule has 0 radical (unpaired) electrons. The van der Waals surface area contributed by atoms with Crippen molar-refractivity contribution in [1.82, 2.24) is 0 Å². The van der Waals surface area contributed by atoms with E-state index in [1.54, 1.807) is 14.2 Å². The maximum atomic E-state index is 5.60. The average Bonchev–Trinajstić information content (AvgIpc) is 2.37. The van der Waals surface area contributed by atoms with Crippen molar-refractivity contribution in [3.8, 4) is 11.5 Å². The second-order valence-electron chi connectivity index (χ2n) is 4.09. The molecule has 18 heavy (non-hydrogen) atoms. The van der Waals surface area contributed by atoms with Crippen molar-refractivity contribution in [3.63, 3.8) is 0 Å². The first-order chi connectivity index (χ1) is 8.65. The van der Waals surface area contributed by atoms with Gasteiger partial charge in [0.05, 0.1) is 19.2 Å². The van der Waals surface area contributed by atoms with Crippen LogP contribution in [0.2, 0.25) is 0 Å². The minimum atomic E-state index is 0.455. The van der Waals surface area contributed by atoms with E-state index in [9.17, 15) is 0 Å². The minimum Gasteiger partial charge on any atom is -0.493 e. The van der Waals surface area contributed by atoms with Crippen LogP contribution < -0.4 is 15.2 Å². The van der Waals surface area contributed by atoms with E-state index in [-0.39, 0.29) is 0 Å². The third-order valence-corrected chi connectivity index (χ3v) is 3.09. The lowest BCUT2D eigenvalue weighted by Crippen LogP contribution is -2.20. The number of ether oxygens (including phenoxy) is 2. The molecule has 4 nitrogen and oxygen atoms in total. The Morgan fingerprint density at radius 2 is 2.00 bits per heavy atom. The van der Waals surface area contributed by atoms with Crippen LogP contribution in [-0.2, 0) is 6.42 Å². The van der Waals surface area contributed by atoms with Gasteiger partial charge in [0.25, 0.3) is 0 Å². The van der Waals surface area contributed by atoms with Crippen molar-refractivity contribution in [2.24, 2.45) is 10.7 Å². The molecule has 0 amide bonds.